The van der Waals surface area contributed by atoms with Crippen LogP contribution in [0, 0.1) is 0 Å². The summed E-state index contributed by atoms with van der Waals surface area (Å²) >= 11 is 0. The fourth-order valence-electron chi connectivity index (χ4n) is 5.15. The van der Waals surface area contributed by atoms with E-state index in [1.807, 2.05) is 48.4 Å². The molecule has 2 saturated heterocycles. The molecule has 2 aliphatic rings. The molecule has 2 aromatic carbocycles. The lowest BCUT2D eigenvalue weighted by Crippen LogP contribution is -2.66. The Morgan fingerprint density at radius 3 is 2.20 bits per heavy atom. The van der Waals surface area contributed by atoms with Gasteiger partial charge >= 0.3 is 5.97 Å². The van der Waals surface area contributed by atoms with E-state index in [-0.39, 0.29) is 12.0 Å². The number of carbonyl (C=O) groups is 1. The molecule has 4 rings (SSSR count). The predicted octanol–water partition coefficient (Wildman–Crippen LogP) is 5.61. The molecule has 4 heteroatoms. The van der Waals surface area contributed by atoms with E-state index in [2.05, 4.69) is 31.2 Å². The molecule has 2 fully saturated rings. The molecular weight excluding hydrogens is 374 g/mol. The summed E-state index contributed by atoms with van der Waals surface area (Å²) in [6.45, 7) is 4.49. The molecule has 2 aliphatic heterocycles. The molecule has 30 heavy (non-hydrogen) atoms. The van der Waals surface area contributed by atoms with Gasteiger partial charge in [-0.05, 0) is 30.9 Å². The monoisotopic (exact) mass is 407 g/mol. The second-order valence-corrected chi connectivity index (χ2v) is 8.61. The van der Waals surface area contributed by atoms with Gasteiger partial charge in [0, 0.05) is 12.5 Å². The van der Waals surface area contributed by atoms with Gasteiger partial charge in [-0.2, -0.15) is 5.06 Å². The molecule has 2 unspecified atom stereocenters. The van der Waals surface area contributed by atoms with Gasteiger partial charge in [0.2, 0.25) is 0 Å². The van der Waals surface area contributed by atoms with Gasteiger partial charge < -0.3 is 4.74 Å². The number of hydroxylamine groups is 2. The lowest BCUT2D eigenvalue weighted by atomic mass is 9.70. The van der Waals surface area contributed by atoms with E-state index in [4.69, 9.17) is 9.57 Å². The Kier molecular flexibility index (Phi) is 6.26. The fraction of sp³-hybridized carbons (Fsp3) is 0.500. The summed E-state index contributed by atoms with van der Waals surface area (Å²) in [5.74, 6) is -0.149. The zero-order valence-corrected chi connectivity index (χ0v) is 18.2. The number of esters is 1. The van der Waals surface area contributed by atoms with Crippen molar-refractivity contribution in [2.45, 2.75) is 76.0 Å². The third-order valence-corrected chi connectivity index (χ3v) is 6.65. The average Bonchev–Trinajstić information content (AvgIpc) is 3.06. The molecule has 160 valence electrons. The summed E-state index contributed by atoms with van der Waals surface area (Å²) in [4.78, 5) is 20.0. The lowest BCUT2D eigenvalue weighted by molar-refractivity contribution is -0.287. The van der Waals surface area contributed by atoms with E-state index in [1.165, 1.54) is 25.7 Å². The van der Waals surface area contributed by atoms with Gasteiger partial charge in [-0.25, -0.2) is 4.79 Å². The maximum Gasteiger partial charge on any atom is 0.329 e. The van der Waals surface area contributed by atoms with Crippen LogP contribution in [0.1, 0.15) is 69.9 Å². The maximum absolute atomic E-state index is 13.2. The quantitative estimate of drug-likeness (QED) is 0.400. The lowest BCUT2D eigenvalue weighted by Gasteiger charge is -2.50. The first-order valence-electron chi connectivity index (χ1n) is 11.4. The molecule has 4 nitrogen and oxygen atoms in total. The van der Waals surface area contributed by atoms with E-state index in [9.17, 15) is 4.79 Å². The molecule has 0 aromatic heterocycles. The van der Waals surface area contributed by atoms with Crippen LogP contribution >= 0.6 is 0 Å². The molecule has 0 bridgehead atoms. The van der Waals surface area contributed by atoms with Crippen LogP contribution in [0.2, 0.25) is 0 Å². The SMILES string of the molecule is CCCCCCC1CC2(C(=O)OCC)CC(c3ccccc3)(c3ccccc3)ON12. The van der Waals surface area contributed by atoms with Crippen LogP contribution in [0.4, 0.5) is 0 Å². The second kappa shape index (κ2) is 8.91. The summed E-state index contributed by atoms with van der Waals surface area (Å²) < 4.78 is 5.55. The minimum absolute atomic E-state index is 0.149. The number of ether oxygens (including phenoxy) is 1. The highest BCUT2D eigenvalue weighted by Gasteiger charge is 2.69. The van der Waals surface area contributed by atoms with E-state index < -0.39 is 11.1 Å². The minimum atomic E-state index is -0.697. The van der Waals surface area contributed by atoms with Gasteiger partial charge in [0.15, 0.2) is 0 Å². The van der Waals surface area contributed by atoms with Crippen molar-refractivity contribution in [1.82, 2.24) is 5.06 Å². The molecule has 0 saturated carbocycles. The summed E-state index contributed by atoms with van der Waals surface area (Å²) in [5.41, 5.74) is 0.794. The van der Waals surface area contributed by atoms with Gasteiger partial charge in [0.25, 0.3) is 0 Å². The Hall–Kier alpha value is -2.17. The number of unbranched alkanes of at least 4 members (excludes halogenated alkanes) is 3. The number of fused-ring (bicyclic) bond motifs is 1. The largest absolute Gasteiger partial charge is 0.465 e. The Morgan fingerprint density at radius 2 is 1.63 bits per heavy atom. The Morgan fingerprint density at radius 1 is 1.00 bits per heavy atom. The number of rotatable bonds is 9. The normalized spacial score (nSPS) is 24.8. The Bertz CT molecular complexity index is 798. The fourth-order valence-corrected chi connectivity index (χ4v) is 5.15. The summed E-state index contributed by atoms with van der Waals surface area (Å²) in [7, 11) is 0. The van der Waals surface area contributed by atoms with Crippen LogP contribution in [0.5, 0.6) is 0 Å². The highest BCUT2D eigenvalue weighted by Crippen LogP contribution is 2.58. The van der Waals surface area contributed by atoms with E-state index >= 15 is 0 Å². The van der Waals surface area contributed by atoms with E-state index in [0.717, 1.165) is 24.0 Å². The second-order valence-electron chi connectivity index (χ2n) is 8.61. The van der Waals surface area contributed by atoms with Gasteiger partial charge in [0.1, 0.15) is 11.1 Å². The van der Waals surface area contributed by atoms with Crippen molar-refractivity contribution in [2.24, 2.45) is 0 Å². The van der Waals surface area contributed by atoms with Crippen LogP contribution in [0.25, 0.3) is 0 Å². The van der Waals surface area contributed by atoms with E-state index in [0.29, 0.717) is 13.0 Å². The first-order chi connectivity index (χ1) is 14.7. The molecule has 0 amide bonds. The van der Waals surface area contributed by atoms with Crippen molar-refractivity contribution in [3.63, 3.8) is 0 Å². The topological polar surface area (TPSA) is 38.8 Å². The molecule has 2 atom stereocenters. The molecule has 2 heterocycles. The zero-order chi connectivity index (χ0) is 21.0. The smallest absolute Gasteiger partial charge is 0.329 e. The summed E-state index contributed by atoms with van der Waals surface area (Å²) in [6.07, 6.45) is 7.33. The highest BCUT2D eigenvalue weighted by atomic mass is 16.7. The van der Waals surface area contributed by atoms with Gasteiger partial charge in [-0.1, -0.05) is 93.3 Å². The molecule has 0 radical (unpaired) electrons. The van der Waals surface area contributed by atoms with Crippen LogP contribution < -0.4 is 0 Å². The first-order valence-corrected chi connectivity index (χ1v) is 11.4. The predicted molar refractivity (Wildman–Crippen MR) is 118 cm³/mol. The molecule has 2 aromatic rings. The van der Waals surface area contributed by atoms with Crippen LogP contribution in [0.3, 0.4) is 0 Å². The van der Waals surface area contributed by atoms with Gasteiger partial charge in [0.05, 0.1) is 6.61 Å². The number of benzene rings is 2. The summed E-state index contributed by atoms with van der Waals surface area (Å²) in [5, 5.41) is 2.00. The van der Waals surface area contributed by atoms with Crippen molar-refractivity contribution in [3.8, 4) is 0 Å². The van der Waals surface area contributed by atoms with E-state index in [1.54, 1.807) is 0 Å². The third-order valence-electron chi connectivity index (χ3n) is 6.65. The molecule has 0 N–H and O–H groups in total. The Balaban J connectivity index is 1.68. The van der Waals surface area contributed by atoms with Crippen molar-refractivity contribution in [2.75, 3.05) is 6.61 Å². The molecule has 0 spiro atoms. The Labute approximate surface area is 180 Å². The average molecular weight is 408 g/mol. The number of carbonyl (C=O) groups excluding carboxylic acids is 1. The van der Waals surface area contributed by atoms with Crippen LogP contribution in [-0.2, 0) is 20.0 Å². The zero-order valence-electron chi connectivity index (χ0n) is 18.2. The molecule has 0 aliphatic carbocycles. The third kappa shape index (κ3) is 3.57. The number of hydrogen-bond acceptors (Lipinski definition) is 4. The standard InChI is InChI=1S/C26H33NO3/c1-3-5-6-13-18-23-19-25(24(28)29-4-2)20-26(30-27(23)25,21-14-9-7-10-15-21)22-16-11-8-12-17-22/h7-12,14-17,23H,3-6,13,18-20H2,1-2H3. The minimum Gasteiger partial charge on any atom is -0.465 e. The number of nitrogens with zero attached hydrogens (tertiary/aromatic N) is 1. The van der Waals surface area contributed by atoms with Gasteiger partial charge in [-0.15, -0.1) is 0 Å². The highest BCUT2D eigenvalue weighted by molar-refractivity contribution is 5.83. The number of hydrogen-bond donors (Lipinski definition) is 0. The summed E-state index contributed by atoms with van der Waals surface area (Å²) in [6, 6.07) is 20.9. The van der Waals surface area contributed by atoms with Crippen molar-refractivity contribution in [3.05, 3.63) is 71.8 Å². The first kappa shape index (κ1) is 21.1. The molecular formula is C26H33NO3. The maximum atomic E-state index is 13.2. The van der Waals surface area contributed by atoms with Gasteiger partial charge in [-0.3, -0.25) is 4.84 Å². The van der Waals surface area contributed by atoms with Crippen molar-refractivity contribution in [1.29, 1.82) is 0 Å². The van der Waals surface area contributed by atoms with Crippen LogP contribution in [0.15, 0.2) is 60.7 Å². The van der Waals surface area contributed by atoms with Crippen LogP contribution in [-0.4, -0.2) is 29.2 Å². The van der Waals surface area contributed by atoms with Crippen molar-refractivity contribution < 1.29 is 14.4 Å². The van der Waals surface area contributed by atoms with Crippen molar-refractivity contribution >= 4 is 5.97 Å².